The highest BCUT2D eigenvalue weighted by Crippen LogP contribution is 2.50. The van der Waals surface area contributed by atoms with Gasteiger partial charge >= 0.3 is 0 Å². The SMILES string of the molecule is COC/C(C)=C/C(NSC1(CCO)CC1)=C(/Nc1ccc(C)cc1F)N(C)C=O. The van der Waals surface area contributed by atoms with Gasteiger partial charge in [-0.05, 0) is 74.4 Å². The molecule has 0 unspecified atom stereocenters. The highest BCUT2D eigenvalue weighted by molar-refractivity contribution is 7.99. The van der Waals surface area contributed by atoms with Crippen molar-refractivity contribution in [1.29, 1.82) is 0 Å². The van der Waals surface area contributed by atoms with Gasteiger partial charge in [0, 0.05) is 25.5 Å². The molecule has 1 amide bonds. The van der Waals surface area contributed by atoms with Gasteiger partial charge in [-0.3, -0.25) is 4.79 Å². The molecule has 0 heterocycles. The van der Waals surface area contributed by atoms with E-state index in [0.717, 1.165) is 24.0 Å². The fourth-order valence-electron chi connectivity index (χ4n) is 2.82. The number of rotatable bonds is 12. The van der Waals surface area contributed by atoms with Gasteiger partial charge in [-0.1, -0.05) is 6.07 Å². The van der Waals surface area contributed by atoms with Crippen LogP contribution in [-0.2, 0) is 9.53 Å². The molecular weight excluding hydrogens is 393 g/mol. The summed E-state index contributed by atoms with van der Waals surface area (Å²) in [4.78, 5) is 12.9. The number of anilines is 1. The summed E-state index contributed by atoms with van der Waals surface area (Å²) in [5.74, 6) is 0.0239. The number of halogens is 1. The highest BCUT2D eigenvalue weighted by Gasteiger charge is 2.43. The molecule has 3 N–H and O–H groups in total. The fraction of sp³-hybridized carbons (Fsp3) is 0.476. The van der Waals surface area contributed by atoms with Crippen LogP contribution in [0.1, 0.15) is 31.7 Å². The normalized spacial score (nSPS) is 16.1. The molecule has 0 bridgehead atoms. The van der Waals surface area contributed by atoms with Crippen LogP contribution in [0.5, 0.6) is 0 Å². The Labute approximate surface area is 176 Å². The Bertz CT molecular complexity index is 778. The Hall–Kier alpha value is -2.03. The second-order valence-electron chi connectivity index (χ2n) is 7.37. The standard InChI is InChI=1S/C21H30FN3O3S/c1-15-5-6-18(17(22)11-15)23-20(25(3)14-27)19(12-16(2)13-28-4)24-29-21(7-8-21)9-10-26/h5-6,11-12,14,23-24,26H,7-10,13H2,1-4H3/b16-12+,20-19+. The third kappa shape index (κ3) is 6.76. The number of ether oxygens (including phenoxy) is 1. The van der Waals surface area contributed by atoms with Crippen LogP contribution in [0.25, 0.3) is 0 Å². The van der Waals surface area contributed by atoms with E-state index in [2.05, 4.69) is 10.0 Å². The molecule has 0 aromatic heterocycles. The molecule has 1 aromatic rings. The Morgan fingerprint density at radius 3 is 2.72 bits per heavy atom. The molecular formula is C21H30FN3O3S. The summed E-state index contributed by atoms with van der Waals surface area (Å²) in [5.41, 5.74) is 2.65. The van der Waals surface area contributed by atoms with E-state index in [1.54, 1.807) is 26.3 Å². The minimum Gasteiger partial charge on any atom is -0.396 e. The van der Waals surface area contributed by atoms with E-state index < -0.39 is 5.82 Å². The monoisotopic (exact) mass is 423 g/mol. The molecule has 8 heteroatoms. The Morgan fingerprint density at radius 1 is 1.45 bits per heavy atom. The Kier molecular flexibility index (Phi) is 8.55. The van der Waals surface area contributed by atoms with Crippen LogP contribution >= 0.6 is 11.9 Å². The summed E-state index contributed by atoms with van der Waals surface area (Å²) in [6.07, 6.45) is 5.26. The zero-order valence-electron chi connectivity index (χ0n) is 17.4. The predicted molar refractivity (Wildman–Crippen MR) is 116 cm³/mol. The summed E-state index contributed by atoms with van der Waals surface area (Å²) >= 11 is 1.53. The van der Waals surface area contributed by atoms with Crippen molar-refractivity contribution in [2.45, 2.75) is 37.9 Å². The van der Waals surface area contributed by atoms with Gasteiger partial charge in [0.05, 0.1) is 18.0 Å². The van der Waals surface area contributed by atoms with Crippen LogP contribution in [0.4, 0.5) is 10.1 Å². The molecule has 0 atom stereocenters. The van der Waals surface area contributed by atoms with E-state index in [4.69, 9.17) is 4.74 Å². The summed E-state index contributed by atoms with van der Waals surface area (Å²) in [7, 11) is 3.22. The lowest BCUT2D eigenvalue weighted by Gasteiger charge is -2.24. The quantitative estimate of drug-likeness (QED) is 0.271. The summed E-state index contributed by atoms with van der Waals surface area (Å²) in [6.45, 7) is 4.29. The molecule has 6 nitrogen and oxygen atoms in total. The second kappa shape index (κ2) is 10.7. The summed E-state index contributed by atoms with van der Waals surface area (Å²) in [6, 6.07) is 4.89. The van der Waals surface area contributed by atoms with Crippen molar-refractivity contribution in [3.63, 3.8) is 0 Å². The van der Waals surface area contributed by atoms with Crippen LogP contribution in [0.15, 0.2) is 41.4 Å². The smallest absolute Gasteiger partial charge is 0.215 e. The van der Waals surface area contributed by atoms with E-state index >= 15 is 0 Å². The van der Waals surface area contributed by atoms with Gasteiger partial charge in [0.1, 0.15) is 11.6 Å². The number of carbonyl (C=O) groups excluding carboxylic acids is 1. The van der Waals surface area contributed by atoms with Crippen molar-refractivity contribution in [1.82, 2.24) is 9.62 Å². The van der Waals surface area contributed by atoms with Crippen LogP contribution < -0.4 is 10.0 Å². The van der Waals surface area contributed by atoms with Crippen molar-refractivity contribution in [3.05, 3.63) is 52.7 Å². The molecule has 160 valence electrons. The van der Waals surface area contributed by atoms with Gasteiger partial charge in [-0.15, -0.1) is 0 Å². The highest BCUT2D eigenvalue weighted by atomic mass is 32.2. The minimum absolute atomic E-state index is 0.0109. The first kappa shape index (κ1) is 23.3. The number of aliphatic hydroxyl groups excluding tert-OH is 1. The van der Waals surface area contributed by atoms with Crippen LogP contribution in [0.3, 0.4) is 0 Å². The average molecular weight is 424 g/mol. The van der Waals surface area contributed by atoms with Gasteiger partial charge in [-0.2, -0.15) is 0 Å². The first-order chi connectivity index (χ1) is 13.8. The van der Waals surface area contributed by atoms with Gasteiger partial charge < -0.3 is 24.8 Å². The number of nitrogens with zero attached hydrogens (tertiary/aromatic N) is 1. The van der Waals surface area contributed by atoms with Crippen molar-refractivity contribution in [3.8, 4) is 0 Å². The topological polar surface area (TPSA) is 73.8 Å². The lowest BCUT2D eigenvalue weighted by molar-refractivity contribution is -0.115. The lowest BCUT2D eigenvalue weighted by Crippen LogP contribution is -2.27. The molecule has 1 aliphatic carbocycles. The molecule has 0 spiro atoms. The first-order valence-electron chi connectivity index (χ1n) is 9.50. The summed E-state index contributed by atoms with van der Waals surface area (Å²) in [5, 5.41) is 12.4. The number of carbonyl (C=O) groups is 1. The third-order valence-electron chi connectivity index (χ3n) is 4.66. The van der Waals surface area contributed by atoms with Gasteiger partial charge in [-0.25, -0.2) is 4.39 Å². The maximum absolute atomic E-state index is 14.4. The number of amides is 1. The molecule has 0 aliphatic heterocycles. The molecule has 1 aliphatic rings. The molecule has 2 rings (SSSR count). The largest absolute Gasteiger partial charge is 0.396 e. The van der Waals surface area contributed by atoms with Crippen molar-refractivity contribution in [2.75, 3.05) is 32.7 Å². The lowest BCUT2D eigenvalue weighted by atomic mass is 10.2. The molecule has 0 saturated heterocycles. The van der Waals surface area contributed by atoms with Crippen molar-refractivity contribution in [2.24, 2.45) is 0 Å². The van der Waals surface area contributed by atoms with Gasteiger partial charge in [0.2, 0.25) is 6.41 Å². The zero-order chi connectivity index (χ0) is 21.4. The number of hydrogen-bond acceptors (Lipinski definition) is 6. The van der Waals surface area contributed by atoms with E-state index in [0.29, 0.717) is 31.0 Å². The second-order valence-corrected chi connectivity index (χ2v) is 8.65. The molecule has 29 heavy (non-hydrogen) atoms. The maximum atomic E-state index is 14.4. The molecule has 1 saturated carbocycles. The minimum atomic E-state index is -0.398. The number of hydrogen-bond donors (Lipinski definition) is 3. The third-order valence-corrected chi connectivity index (χ3v) is 6.03. The number of benzene rings is 1. The van der Waals surface area contributed by atoms with Gasteiger partial charge in [0.15, 0.2) is 0 Å². The van der Waals surface area contributed by atoms with Crippen molar-refractivity contribution >= 4 is 24.0 Å². The van der Waals surface area contributed by atoms with Gasteiger partial charge in [0.25, 0.3) is 0 Å². The maximum Gasteiger partial charge on any atom is 0.215 e. The Balaban J connectivity index is 2.40. The number of nitrogens with one attached hydrogen (secondary N) is 2. The zero-order valence-corrected chi connectivity index (χ0v) is 18.2. The molecule has 1 aromatic carbocycles. The van der Waals surface area contributed by atoms with E-state index in [9.17, 15) is 14.3 Å². The van der Waals surface area contributed by atoms with E-state index in [1.165, 1.54) is 22.9 Å². The number of allylic oxidation sites excluding steroid dienone is 1. The number of methoxy groups -OCH3 is 1. The number of aliphatic hydroxyl groups is 1. The first-order valence-corrected chi connectivity index (χ1v) is 10.3. The fourth-order valence-corrected chi connectivity index (χ4v) is 3.80. The van der Waals surface area contributed by atoms with Crippen molar-refractivity contribution < 1.29 is 19.0 Å². The van der Waals surface area contributed by atoms with E-state index in [1.807, 2.05) is 19.9 Å². The molecule has 0 radical (unpaired) electrons. The van der Waals surface area contributed by atoms with E-state index in [-0.39, 0.29) is 17.0 Å². The van der Waals surface area contributed by atoms with Crippen LogP contribution in [0.2, 0.25) is 0 Å². The van der Waals surface area contributed by atoms with Crippen LogP contribution in [0, 0.1) is 12.7 Å². The number of aryl methyl sites for hydroxylation is 1. The molecule has 1 fully saturated rings. The summed E-state index contributed by atoms with van der Waals surface area (Å²) < 4.78 is 22.9. The predicted octanol–water partition coefficient (Wildman–Crippen LogP) is 3.55. The Morgan fingerprint density at radius 2 is 2.17 bits per heavy atom. The average Bonchev–Trinajstić information content (AvgIpc) is 3.44. The van der Waals surface area contributed by atoms with Crippen LogP contribution in [-0.4, -0.2) is 48.5 Å².